The van der Waals surface area contributed by atoms with E-state index in [1.165, 1.54) is 4.68 Å². The minimum absolute atomic E-state index is 0.214. The molecule has 0 aliphatic carbocycles. The molecule has 0 aliphatic heterocycles. The van der Waals surface area contributed by atoms with E-state index in [4.69, 9.17) is 0 Å². The van der Waals surface area contributed by atoms with Crippen LogP contribution in [0.3, 0.4) is 0 Å². The molecule has 0 aliphatic rings. The summed E-state index contributed by atoms with van der Waals surface area (Å²) < 4.78 is 3.27. The monoisotopic (exact) mass is 361 g/mol. The van der Waals surface area contributed by atoms with Crippen LogP contribution in [0.2, 0.25) is 0 Å². The van der Waals surface area contributed by atoms with E-state index >= 15 is 0 Å². The number of benzene rings is 2. The molecule has 7 nitrogen and oxygen atoms in total. The van der Waals surface area contributed by atoms with E-state index in [2.05, 4.69) is 20.0 Å². The Hall–Kier alpha value is -3.48. The van der Waals surface area contributed by atoms with Crippen molar-refractivity contribution in [3.05, 3.63) is 70.9 Å². The van der Waals surface area contributed by atoms with Gasteiger partial charge in [0, 0.05) is 25.5 Å². The summed E-state index contributed by atoms with van der Waals surface area (Å²) in [6.45, 7) is 1.26. The Kier molecular flexibility index (Phi) is 4.42. The highest BCUT2D eigenvalue weighted by Gasteiger charge is 2.15. The first kappa shape index (κ1) is 17.0. The first-order valence-corrected chi connectivity index (χ1v) is 8.79. The van der Waals surface area contributed by atoms with Crippen molar-refractivity contribution in [3.63, 3.8) is 0 Å². The molecule has 7 heteroatoms. The molecule has 0 saturated heterocycles. The fourth-order valence-electron chi connectivity index (χ4n) is 3.19. The second-order valence-electron chi connectivity index (χ2n) is 6.36. The number of nitrogens with zero attached hydrogens (tertiary/aromatic N) is 4. The molecule has 0 bridgehead atoms. The molecule has 4 aromatic rings. The number of aromatic nitrogens is 4. The molecule has 27 heavy (non-hydrogen) atoms. The quantitative estimate of drug-likeness (QED) is 0.552. The summed E-state index contributed by atoms with van der Waals surface area (Å²) >= 11 is 0. The molecular formula is C20H19N5O2. The van der Waals surface area contributed by atoms with Crippen LogP contribution in [0.15, 0.2) is 59.7 Å². The molecule has 1 N–H and O–H groups in total. The Balaban J connectivity index is 1.45. The Bertz CT molecular complexity index is 1190. The lowest BCUT2D eigenvalue weighted by Crippen LogP contribution is -2.30. The van der Waals surface area contributed by atoms with Crippen molar-refractivity contribution >= 4 is 27.7 Å². The molecule has 0 atom stereocenters. The van der Waals surface area contributed by atoms with E-state index in [1.54, 1.807) is 31.3 Å². The zero-order valence-electron chi connectivity index (χ0n) is 14.9. The first-order chi connectivity index (χ1) is 13.1. The second kappa shape index (κ2) is 7.03. The van der Waals surface area contributed by atoms with Crippen LogP contribution in [0.5, 0.6) is 0 Å². The molecule has 0 spiro atoms. The third-order valence-corrected chi connectivity index (χ3v) is 4.56. The average molecular weight is 361 g/mol. The van der Waals surface area contributed by atoms with Crippen LogP contribution in [0, 0.1) is 0 Å². The van der Waals surface area contributed by atoms with Gasteiger partial charge in [0.15, 0.2) is 5.69 Å². The topological polar surface area (TPSA) is 81.8 Å². The lowest BCUT2D eigenvalue weighted by molar-refractivity contribution is 0.0947. The van der Waals surface area contributed by atoms with Gasteiger partial charge in [0.2, 0.25) is 0 Å². The number of para-hydroxylation sites is 2. The number of hydrogen-bond acceptors (Lipinski definition) is 4. The summed E-state index contributed by atoms with van der Waals surface area (Å²) in [7, 11) is 1.55. The van der Waals surface area contributed by atoms with Crippen molar-refractivity contribution in [1.82, 2.24) is 24.6 Å². The van der Waals surface area contributed by atoms with Crippen LogP contribution in [-0.2, 0) is 13.6 Å². The molecule has 0 saturated carbocycles. The van der Waals surface area contributed by atoms with Crippen molar-refractivity contribution in [2.45, 2.75) is 13.0 Å². The summed E-state index contributed by atoms with van der Waals surface area (Å²) in [5.74, 6) is -0.280. The predicted octanol–water partition coefficient (Wildman–Crippen LogP) is 2.10. The third kappa shape index (κ3) is 3.19. The highest BCUT2D eigenvalue weighted by molar-refractivity contribution is 6.04. The number of nitrogens with one attached hydrogen (secondary N) is 1. The summed E-state index contributed by atoms with van der Waals surface area (Å²) in [6.07, 6.45) is 2.57. The molecule has 0 unspecified atom stereocenters. The molecule has 2 aromatic heterocycles. The van der Waals surface area contributed by atoms with Gasteiger partial charge in [-0.05, 0) is 24.6 Å². The molecular weight excluding hydrogens is 342 g/mol. The maximum absolute atomic E-state index is 12.6. The maximum atomic E-state index is 12.6. The number of aryl methyl sites for hydroxylation is 2. The van der Waals surface area contributed by atoms with Crippen LogP contribution < -0.4 is 10.9 Å². The summed E-state index contributed by atoms with van der Waals surface area (Å²) in [4.78, 5) is 29.1. The fourth-order valence-corrected chi connectivity index (χ4v) is 3.19. The molecule has 136 valence electrons. The van der Waals surface area contributed by atoms with Gasteiger partial charge in [0.05, 0.1) is 22.7 Å². The van der Waals surface area contributed by atoms with Gasteiger partial charge in [0.1, 0.15) is 0 Å². The summed E-state index contributed by atoms with van der Waals surface area (Å²) in [5.41, 5.74) is 2.09. The number of rotatable bonds is 5. The summed E-state index contributed by atoms with van der Waals surface area (Å²) in [5, 5.41) is 8.10. The Labute approximate surface area is 155 Å². The highest BCUT2D eigenvalue weighted by atomic mass is 16.2. The molecule has 2 heterocycles. The smallest absolute Gasteiger partial charge is 0.274 e. The number of carbonyl (C=O) groups excluding carboxylic acids is 1. The van der Waals surface area contributed by atoms with E-state index in [-0.39, 0.29) is 17.2 Å². The number of fused-ring (bicyclic) bond motifs is 2. The first-order valence-electron chi connectivity index (χ1n) is 8.79. The molecule has 0 radical (unpaired) electrons. The van der Waals surface area contributed by atoms with Gasteiger partial charge in [-0.3, -0.25) is 9.59 Å². The lowest BCUT2D eigenvalue weighted by atomic mass is 10.1. The average Bonchev–Trinajstić information content (AvgIpc) is 3.11. The Morgan fingerprint density at radius 3 is 2.67 bits per heavy atom. The Morgan fingerprint density at radius 1 is 1.07 bits per heavy atom. The van der Waals surface area contributed by atoms with Crippen molar-refractivity contribution in [3.8, 4) is 0 Å². The predicted molar refractivity (Wildman–Crippen MR) is 104 cm³/mol. The minimum Gasteiger partial charge on any atom is -0.351 e. The van der Waals surface area contributed by atoms with E-state index in [0.717, 1.165) is 24.0 Å². The zero-order chi connectivity index (χ0) is 18.8. The van der Waals surface area contributed by atoms with Gasteiger partial charge < -0.3 is 9.88 Å². The van der Waals surface area contributed by atoms with Crippen molar-refractivity contribution < 1.29 is 4.79 Å². The van der Waals surface area contributed by atoms with Gasteiger partial charge in [0.25, 0.3) is 11.5 Å². The standard InChI is InChI=1S/C20H19N5O2/c1-24-20(27)15-8-3-2-7-14(15)18(23-24)19(26)21-11-6-12-25-13-22-16-9-4-5-10-17(16)25/h2-5,7-10,13H,6,11-12H2,1H3,(H,21,26). The van der Waals surface area contributed by atoms with Crippen LogP contribution in [0.4, 0.5) is 0 Å². The highest BCUT2D eigenvalue weighted by Crippen LogP contribution is 2.13. The van der Waals surface area contributed by atoms with Crippen molar-refractivity contribution in [1.29, 1.82) is 0 Å². The zero-order valence-corrected chi connectivity index (χ0v) is 14.9. The lowest BCUT2D eigenvalue weighted by Gasteiger charge is -2.09. The molecule has 4 rings (SSSR count). The second-order valence-corrected chi connectivity index (χ2v) is 6.36. The van der Waals surface area contributed by atoms with Gasteiger partial charge in [-0.25, -0.2) is 9.67 Å². The number of imidazole rings is 1. The molecule has 1 amide bonds. The number of hydrogen-bond donors (Lipinski definition) is 1. The largest absolute Gasteiger partial charge is 0.351 e. The number of carbonyl (C=O) groups is 1. The van der Waals surface area contributed by atoms with Gasteiger partial charge in [-0.15, -0.1) is 0 Å². The third-order valence-electron chi connectivity index (χ3n) is 4.56. The van der Waals surface area contributed by atoms with Crippen LogP contribution in [0.1, 0.15) is 16.9 Å². The van der Waals surface area contributed by atoms with E-state index < -0.39 is 0 Å². The maximum Gasteiger partial charge on any atom is 0.274 e. The molecule has 2 aromatic carbocycles. The van der Waals surface area contributed by atoms with Crippen LogP contribution in [0.25, 0.3) is 21.8 Å². The summed E-state index contributed by atoms with van der Waals surface area (Å²) in [6, 6.07) is 15.0. The normalized spacial score (nSPS) is 11.1. The van der Waals surface area contributed by atoms with Gasteiger partial charge >= 0.3 is 0 Å². The van der Waals surface area contributed by atoms with E-state index in [1.807, 2.05) is 30.6 Å². The van der Waals surface area contributed by atoms with Gasteiger partial charge in [-0.2, -0.15) is 5.10 Å². The number of amides is 1. The van der Waals surface area contributed by atoms with Crippen molar-refractivity contribution in [2.24, 2.45) is 7.05 Å². The van der Waals surface area contributed by atoms with Crippen LogP contribution in [-0.4, -0.2) is 31.8 Å². The SMILES string of the molecule is Cn1nc(C(=O)NCCCn2cnc3ccccc32)c2ccccc2c1=O. The van der Waals surface area contributed by atoms with Gasteiger partial charge in [-0.1, -0.05) is 30.3 Å². The Morgan fingerprint density at radius 2 is 1.81 bits per heavy atom. The van der Waals surface area contributed by atoms with E-state index in [9.17, 15) is 9.59 Å². The van der Waals surface area contributed by atoms with Crippen molar-refractivity contribution in [2.75, 3.05) is 6.54 Å². The van der Waals surface area contributed by atoms with Crippen LogP contribution >= 0.6 is 0 Å². The molecule has 0 fully saturated rings. The minimum atomic E-state index is -0.280. The fraction of sp³-hybridized carbons (Fsp3) is 0.200. The van der Waals surface area contributed by atoms with E-state index in [0.29, 0.717) is 17.3 Å².